The number of carbonyl (C=O) groups excluding carboxylic acids is 1. The topological polar surface area (TPSA) is 17.1 Å². The van der Waals surface area contributed by atoms with E-state index < -0.39 is 34.6 Å². The summed E-state index contributed by atoms with van der Waals surface area (Å²) in [6, 6.07) is 6.95. The van der Waals surface area contributed by atoms with Crippen LogP contribution in [0.15, 0.2) is 41.3 Å². The van der Waals surface area contributed by atoms with Gasteiger partial charge in [-0.1, -0.05) is 26.2 Å². The second kappa shape index (κ2) is 10.3. The van der Waals surface area contributed by atoms with Gasteiger partial charge >= 0.3 is 0 Å². The molecule has 2 aromatic carbocycles. The maximum Gasteiger partial charge on any atom is 0.185 e. The molecule has 0 saturated carbocycles. The summed E-state index contributed by atoms with van der Waals surface area (Å²) in [6.45, 7) is 2.16. The molecular formula is C21H20F4OS. The second-order valence-electron chi connectivity index (χ2n) is 6.01. The second-order valence-corrected chi connectivity index (χ2v) is 7.18. The molecule has 0 aliphatic heterocycles. The Morgan fingerprint density at radius 1 is 0.963 bits per heavy atom. The molecule has 1 nitrogen and oxygen atoms in total. The van der Waals surface area contributed by atoms with Gasteiger partial charge in [-0.2, -0.15) is 0 Å². The molecule has 0 heterocycles. The highest BCUT2D eigenvalue weighted by Gasteiger charge is 2.17. The summed E-state index contributed by atoms with van der Waals surface area (Å²) in [5, 5.41) is 0. The summed E-state index contributed by atoms with van der Waals surface area (Å²) >= 11 is 1.70. The quantitative estimate of drug-likeness (QED) is 0.116. The summed E-state index contributed by atoms with van der Waals surface area (Å²) < 4.78 is 53.6. The fraction of sp³-hybridized carbons (Fsp3) is 0.286. The van der Waals surface area contributed by atoms with Crippen LogP contribution in [0.3, 0.4) is 0 Å². The number of hydrogen-bond donors (Lipinski definition) is 0. The molecule has 0 aliphatic carbocycles. The Hall–Kier alpha value is -2.08. The summed E-state index contributed by atoms with van der Waals surface area (Å²) in [6.07, 6.45) is 6.37. The maximum absolute atomic E-state index is 13.6. The zero-order valence-electron chi connectivity index (χ0n) is 14.9. The predicted molar refractivity (Wildman–Crippen MR) is 101 cm³/mol. The zero-order valence-corrected chi connectivity index (χ0v) is 15.7. The van der Waals surface area contributed by atoms with E-state index in [1.165, 1.54) is 19.3 Å². The normalized spacial score (nSPS) is 11.3. The third-order valence-corrected chi connectivity index (χ3v) is 5.05. The third kappa shape index (κ3) is 5.96. The van der Waals surface area contributed by atoms with E-state index in [0.29, 0.717) is 5.56 Å². The van der Waals surface area contributed by atoms with E-state index in [4.69, 9.17) is 0 Å². The summed E-state index contributed by atoms with van der Waals surface area (Å²) in [5.41, 5.74) is -0.598. The van der Waals surface area contributed by atoms with Gasteiger partial charge in [0.05, 0.1) is 5.56 Å². The van der Waals surface area contributed by atoms with Crippen molar-refractivity contribution in [1.82, 2.24) is 0 Å². The Labute approximate surface area is 160 Å². The van der Waals surface area contributed by atoms with Crippen molar-refractivity contribution in [2.45, 2.75) is 37.5 Å². The van der Waals surface area contributed by atoms with Crippen molar-refractivity contribution in [3.05, 3.63) is 70.8 Å². The molecule has 0 atom stereocenters. The Bertz CT molecular complexity index is 790. The number of ketones is 1. The summed E-state index contributed by atoms with van der Waals surface area (Å²) in [4.78, 5) is 13.2. The van der Waals surface area contributed by atoms with E-state index in [1.54, 1.807) is 36.0 Å². The number of allylic oxidation sites excluding steroid dienone is 1. The van der Waals surface area contributed by atoms with Crippen molar-refractivity contribution in [2.24, 2.45) is 0 Å². The van der Waals surface area contributed by atoms with E-state index in [9.17, 15) is 22.4 Å². The van der Waals surface area contributed by atoms with E-state index in [-0.39, 0.29) is 6.07 Å². The summed E-state index contributed by atoms with van der Waals surface area (Å²) in [5.74, 6) is -5.61. The van der Waals surface area contributed by atoms with Gasteiger partial charge in [-0.25, -0.2) is 17.6 Å². The molecule has 0 bridgehead atoms. The Morgan fingerprint density at radius 2 is 1.59 bits per heavy atom. The molecule has 0 spiro atoms. The molecule has 0 N–H and O–H groups in total. The van der Waals surface area contributed by atoms with Gasteiger partial charge in [-0.05, 0) is 48.6 Å². The van der Waals surface area contributed by atoms with Crippen molar-refractivity contribution < 1.29 is 22.4 Å². The van der Waals surface area contributed by atoms with Crippen LogP contribution in [0, 0.1) is 23.3 Å². The average molecular weight is 396 g/mol. The standard InChI is InChI=1S/C21H20F4OS/c1-2-3-4-5-12-27-15-8-6-14(7-9-15)19(26)11-10-16-20(24)17(22)13-18(23)21(16)25/h6-11,13H,2-5,12H2,1H3/b11-10+. The lowest BCUT2D eigenvalue weighted by atomic mass is 10.1. The molecule has 0 amide bonds. The lowest BCUT2D eigenvalue weighted by molar-refractivity contribution is 0.104. The Balaban J connectivity index is 2.01. The predicted octanol–water partition coefficient (Wildman–Crippen LogP) is 6.81. The van der Waals surface area contributed by atoms with Crippen LogP contribution in [0.5, 0.6) is 0 Å². The first-order valence-corrected chi connectivity index (χ1v) is 9.70. The van der Waals surface area contributed by atoms with Gasteiger partial charge in [-0.3, -0.25) is 4.79 Å². The molecule has 0 fully saturated rings. The van der Waals surface area contributed by atoms with E-state index in [0.717, 1.165) is 29.2 Å². The van der Waals surface area contributed by atoms with Gasteiger partial charge in [0.1, 0.15) is 0 Å². The monoisotopic (exact) mass is 396 g/mol. The molecule has 2 aromatic rings. The number of halogens is 4. The number of benzene rings is 2. The van der Waals surface area contributed by atoms with Crippen LogP contribution in [-0.2, 0) is 0 Å². The highest BCUT2D eigenvalue weighted by Crippen LogP contribution is 2.22. The lowest BCUT2D eigenvalue weighted by Gasteiger charge is -2.03. The Morgan fingerprint density at radius 3 is 2.19 bits per heavy atom. The van der Waals surface area contributed by atoms with Gasteiger partial charge < -0.3 is 0 Å². The molecule has 0 radical (unpaired) electrons. The minimum Gasteiger partial charge on any atom is -0.289 e. The first-order chi connectivity index (χ1) is 12.9. The van der Waals surface area contributed by atoms with E-state index in [1.807, 2.05) is 0 Å². The van der Waals surface area contributed by atoms with Crippen LogP contribution in [0.1, 0.15) is 48.5 Å². The van der Waals surface area contributed by atoms with Gasteiger partial charge in [0.2, 0.25) is 0 Å². The van der Waals surface area contributed by atoms with Crippen LogP contribution in [0.4, 0.5) is 17.6 Å². The van der Waals surface area contributed by atoms with Gasteiger partial charge in [0.15, 0.2) is 29.1 Å². The summed E-state index contributed by atoms with van der Waals surface area (Å²) in [7, 11) is 0. The Kier molecular flexibility index (Phi) is 8.10. The van der Waals surface area contributed by atoms with Gasteiger partial charge in [0.25, 0.3) is 0 Å². The van der Waals surface area contributed by atoms with E-state index >= 15 is 0 Å². The first kappa shape index (κ1) is 21.2. The highest BCUT2D eigenvalue weighted by atomic mass is 32.2. The van der Waals surface area contributed by atoms with Crippen LogP contribution < -0.4 is 0 Å². The smallest absolute Gasteiger partial charge is 0.185 e. The number of carbonyl (C=O) groups is 1. The molecule has 0 aliphatic rings. The molecule has 27 heavy (non-hydrogen) atoms. The number of unbranched alkanes of at least 4 members (excludes halogenated alkanes) is 3. The average Bonchev–Trinajstić information content (AvgIpc) is 2.66. The van der Waals surface area contributed by atoms with Crippen LogP contribution in [0.2, 0.25) is 0 Å². The number of hydrogen-bond acceptors (Lipinski definition) is 2. The molecule has 0 unspecified atom stereocenters. The molecule has 2 rings (SSSR count). The number of thioether (sulfide) groups is 1. The fourth-order valence-electron chi connectivity index (χ4n) is 2.43. The largest absolute Gasteiger partial charge is 0.289 e. The van der Waals surface area contributed by atoms with Crippen molar-refractivity contribution in [3.63, 3.8) is 0 Å². The zero-order chi connectivity index (χ0) is 19.8. The fourth-order valence-corrected chi connectivity index (χ4v) is 3.34. The van der Waals surface area contributed by atoms with Crippen molar-refractivity contribution in [2.75, 3.05) is 5.75 Å². The molecule has 144 valence electrons. The minimum atomic E-state index is -1.53. The molecule has 0 saturated heterocycles. The van der Waals surface area contributed by atoms with Crippen molar-refractivity contribution >= 4 is 23.6 Å². The lowest BCUT2D eigenvalue weighted by Crippen LogP contribution is -1.99. The van der Waals surface area contributed by atoms with Crippen molar-refractivity contribution in [1.29, 1.82) is 0 Å². The first-order valence-electron chi connectivity index (χ1n) is 8.72. The maximum atomic E-state index is 13.6. The van der Waals surface area contributed by atoms with Crippen molar-refractivity contribution in [3.8, 4) is 0 Å². The minimum absolute atomic E-state index is 0.127. The van der Waals surface area contributed by atoms with Crippen LogP contribution >= 0.6 is 11.8 Å². The third-order valence-electron chi connectivity index (χ3n) is 3.95. The van der Waals surface area contributed by atoms with Crippen LogP contribution in [-0.4, -0.2) is 11.5 Å². The molecule has 0 aromatic heterocycles. The van der Waals surface area contributed by atoms with Crippen LogP contribution in [0.25, 0.3) is 6.08 Å². The van der Waals surface area contributed by atoms with Gasteiger partial charge in [0, 0.05) is 16.5 Å². The SMILES string of the molecule is CCCCCCSc1ccc(C(=O)/C=C/c2c(F)c(F)cc(F)c2F)cc1. The van der Waals surface area contributed by atoms with E-state index in [2.05, 4.69) is 6.92 Å². The highest BCUT2D eigenvalue weighted by molar-refractivity contribution is 7.99. The molecule has 6 heteroatoms. The number of rotatable bonds is 9. The van der Waals surface area contributed by atoms with Gasteiger partial charge in [-0.15, -0.1) is 11.8 Å². The molecular weight excluding hydrogens is 376 g/mol.